The molecule has 4 heterocycles. The van der Waals surface area contributed by atoms with Gasteiger partial charge >= 0.3 is 0 Å². The molecule has 0 aromatic carbocycles. The molecule has 4 rings (SSSR count). The summed E-state index contributed by atoms with van der Waals surface area (Å²) in [6.45, 7) is 4.78. The van der Waals surface area contributed by atoms with Gasteiger partial charge in [-0.1, -0.05) is 16.4 Å². The van der Waals surface area contributed by atoms with E-state index in [0.717, 1.165) is 11.3 Å². The quantitative estimate of drug-likeness (QED) is 0.726. The molecule has 1 atom stereocenters. The van der Waals surface area contributed by atoms with Gasteiger partial charge in [0.2, 0.25) is 0 Å². The molecule has 1 unspecified atom stereocenters. The summed E-state index contributed by atoms with van der Waals surface area (Å²) in [6.07, 6.45) is 0.818. The molecule has 1 saturated heterocycles. The van der Waals surface area contributed by atoms with E-state index in [4.69, 9.17) is 9.05 Å². The van der Waals surface area contributed by atoms with E-state index in [9.17, 15) is 4.79 Å². The number of hydrogen-bond donors (Lipinski definition) is 0. The Morgan fingerprint density at radius 1 is 1.33 bits per heavy atom. The lowest BCUT2D eigenvalue weighted by Gasteiger charge is -2.15. The second kappa shape index (κ2) is 5.86. The number of hydrogen-bond acceptors (Lipinski definition) is 7. The molecule has 24 heavy (non-hydrogen) atoms. The van der Waals surface area contributed by atoms with Crippen molar-refractivity contribution >= 4 is 17.2 Å². The maximum atomic E-state index is 12.7. The molecule has 0 radical (unpaired) electrons. The smallest absolute Gasteiger partial charge is 0.267 e. The highest BCUT2D eigenvalue weighted by Gasteiger charge is 2.33. The van der Waals surface area contributed by atoms with Crippen LogP contribution in [0.2, 0.25) is 0 Å². The van der Waals surface area contributed by atoms with Crippen LogP contribution in [0.15, 0.2) is 26.6 Å². The van der Waals surface area contributed by atoms with Crippen LogP contribution in [-0.4, -0.2) is 39.2 Å². The van der Waals surface area contributed by atoms with Gasteiger partial charge in [0.05, 0.1) is 10.6 Å². The molecule has 8 heteroatoms. The van der Waals surface area contributed by atoms with Gasteiger partial charge in [-0.25, -0.2) is 0 Å². The molecule has 1 aliphatic heterocycles. The molecule has 0 N–H and O–H groups in total. The topological polar surface area (TPSA) is 85.3 Å². The van der Waals surface area contributed by atoms with E-state index in [1.54, 1.807) is 30.1 Å². The summed E-state index contributed by atoms with van der Waals surface area (Å²) in [4.78, 5) is 19.9. The largest absolute Gasteiger partial charge is 0.361 e. The first-order valence-corrected chi connectivity index (χ1v) is 8.61. The lowest BCUT2D eigenvalue weighted by Crippen LogP contribution is -2.29. The van der Waals surface area contributed by atoms with Crippen molar-refractivity contribution in [3.05, 3.63) is 40.4 Å². The summed E-state index contributed by atoms with van der Waals surface area (Å²) in [6, 6.07) is 3.90. The van der Waals surface area contributed by atoms with Crippen LogP contribution in [0.5, 0.6) is 0 Å². The molecule has 7 nitrogen and oxygen atoms in total. The maximum Gasteiger partial charge on any atom is 0.267 e. The fourth-order valence-electron chi connectivity index (χ4n) is 3.00. The number of amides is 1. The standard InChI is InChI=1S/C16H16N4O3S/c1-9-13(10(2)22-18-9)16(21)20-6-5-11(8-20)14-17-15(23-19-14)12-4-3-7-24-12/h3-4,7,11H,5-6,8H2,1-2H3. The van der Waals surface area contributed by atoms with Gasteiger partial charge in [-0.3, -0.25) is 4.79 Å². The minimum Gasteiger partial charge on any atom is -0.361 e. The van der Waals surface area contributed by atoms with Crippen LogP contribution >= 0.6 is 11.3 Å². The zero-order chi connectivity index (χ0) is 16.7. The zero-order valence-electron chi connectivity index (χ0n) is 13.4. The van der Waals surface area contributed by atoms with Crippen molar-refractivity contribution in [2.75, 3.05) is 13.1 Å². The highest BCUT2D eigenvalue weighted by molar-refractivity contribution is 7.13. The van der Waals surface area contributed by atoms with Crippen molar-refractivity contribution in [3.63, 3.8) is 0 Å². The van der Waals surface area contributed by atoms with Gasteiger partial charge in [-0.2, -0.15) is 4.98 Å². The summed E-state index contributed by atoms with van der Waals surface area (Å²) in [5, 5.41) is 9.93. The van der Waals surface area contributed by atoms with Crippen LogP contribution in [0.1, 0.15) is 40.0 Å². The molecule has 1 aliphatic rings. The van der Waals surface area contributed by atoms with E-state index in [1.807, 2.05) is 17.5 Å². The predicted octanol–water partition coefficient (Wildman–Crippen LogP) is 3.03. The van der Waals surface area contributed by atoms with Crippen molar-refractivity contribution in [2.24, 2.45) is 0 Å². The Balaban J connectivity index is 1.50. The molecule has 0 aliphatic carbocycles. The summed E-state index contributed by atoms with van der Waals surface area (Å²) in [7, 11) is 0. The van der Waals surface area contributed by atoms with Crippen LogP contribution in [0, 0.1) is 13.8 Å². The Morgan fingerprint density at radius 2 is 2.21 bits per heavy atom. The van der Waals surface area contributed by atoms with Crippen molar-refractivity contribution < 1.29 is 13.8 Å². The monoisotopic (exact) mass is 344 g/mol. The summed E-state index contributed by atoms with van der Waals surface area (Å²) < 4.78 is 10.4. The van der Waals surface area contributed by atoms with Crippen LogP contribution in [-0.2, 0) is 0 Å². The first-order valence-electron chi connectivity index (χ1n) is 7.73. The average Bonchev–Trinajstić information content (AvgIpc) is 3.34. The normalized spacial score (nSPS) is 17.6. The van der Waals surface area contributed by atoms with Gasteiger partial charge in [0.1, 0.15) is 11.3 Å². The summed E-state index contributed by atoms with van der Waals surface area (Å²) >= 11 is 1.56. The third-order valence-electron chi connectivity index (χ3n) is 4.26. The van der Waals surface area contributed by atoms with Gasteiger partial charge in [0.15, 0.2) is 5.82 Å². The molecule has 0 bridgehead atoms. The van der Waals surface area contributed by atoms with Crippen molar-refractivity contribution in [1.29, 1.82) is 0 Å². The number of nitrogens with zero attached hydrogens (tertiary/aromatic N) is 4. The third-order valence-corrected chi connectivity index (χ3v) is 5.12. The van der Waals surface area contributed by atoms with E-state index < -0.39 is 0 Å². The number of rotatable bonds is 3. The van der Waals surface area contributed by atoms with Gasteiger partial charge < -0.3 is 13.9 Å². The Bertz CT molecular complexity index is 848. The fourth-order valence-corrected chi connectivity index (χ4v) is 3.65. The maximum absolute atomic E-state index is 12.7. The molecule has 0 spiro atoms. The van der Waals surface area contributed by atoms with E-state index in [2.05, 4.69) is 15.3 Å². The van der Waals surface area contributed by atoms with Gasteiger partial charge in [-0.15, -0.1) is 11.3 Å². The highest BCUT2D eigenvalue weighted by Crippen LogP contribution is 2.30. The van der Waals surface area contributed by atoms with E-state index in [-0.39, 0.29) is 11.8 Å². The number of aryl methyl sites for hydroxylation is 2. The Labute approximate surface area is 142 Å². The lowest BCUT2D eigenvalue weighted by molar-refractivity contribution is 0.0788. The molecule has 1 fully saturated rings. The fraction of sp³-hybridized carbons (Fsp3) is 0.375. The highest BCUT2D eigenvalue weighted by atomic mass is 32.1. The van der Waals surface area contributed by atoms with E-state index in [0.29, 0.717) is 41.8 Å². The second-order valence-corrected chi connectivity index (χ2v) is 6.82. The molecular weight excluding hydrogens is 328 g/mol. The number of thiophene rings is 1. The first kappa shape index (κ1) is 15.1. The number of likely N-dealkylation sites (tertiary alicyclic amines) is 1. The Kier molecular flexibility index (Phi) is 3.68. The molecule has 3 aromatic rings. The third kappa shape index (κ3) is 2.52. The van der Waals surface area contributed by atoms with Crippen molar-refractivity contribution in [1.82, 2.24) is 20.2 Å². The number of aromatic nitrogens is 3. The van der Waals surface area contributed by atoms with Crippen LogP contribution in [0.25, 0.3) is 10.8 Å². The molecule has 3 aromatic heterocycles. The Hall–Kier alpha value is -2.48. The minimum absolute atomic E-state index is 0.0456. The first-order chi connectivity index (χ1) is 11.6. The minimum atomic E-state index is -0.0456. The number of carbonyl (C=O) groups is 1. The SMILES string of the molecule is Cc1noc(C)c1C(=O)N1CCC(c2noc(-c3cccs3)n2)C1. The molecule has 1 amide bonds. The molecule has 124 valence electrons. The van der Waals surface area contributed by atoms with Gasteiger partial charge in [0.25, 0.3) is 11.8 Å². The van der Waals surface area contributed by atoms with Crippen molar-refractivity contribution in [3.8, 4) is 10.8 Å². The second-order valence-electron chi connectivity index (χ2n) is 5.87. The van der Waals surface area contributed by atoms with Crippen molar-refractivity contribution in [2.45, 2.75) is 26.2 Å². The van der Waals surface area contributed by atoms with Crippen LogP contribution < -0.4 is 0 Å². The van der Waals surface area contributed by atoms with Crippen LogP contribution in [0.3, 0.4) is 0 Å². The average molecular weight is 344 g/mol. The molecular formula is C16H16N4O3S. The predicted molar refractivity (Wildman–Crippen MR) is 86.8 cm³/mol. The van der Waals surface area contributed by atoms with Gasteiger partial charge in [-0.05, 0) is 31.7 Å². The van der Waals surface area contributed by atoms with Gasteiger partial charge in [0, 0.05) is 19.0 Å². The van der Waals surface area contributed by atoms with E-state index in [1.165, 1.54) is 0 Å². The lowest BCUT2D eigenvalue weighted by atomic mass is 10.1. The Morgan fingerprint density at radius 3 is 2.92 bits per heavy atom. The summed E-state index contributed by atoms with van der Waals surface area (Å²) in [5.74, 6) is 1.80. The van der Waals surface area contributed by atoms with E-state index >= 15 is 0 Å². The summed E-state index contributed by atoms with van der Waals surface area (Å²) in [5.41, 5.74) is 1.18. The molecule has 0 saturated carbocycles. The zero-order valence-corrected chi connectivity index (χ0v) is 14.2. The van der Waals surface area contributed by atoms with Crippen LogP contribution in [0.4, 0.5) is 0 Å². The number of carbonyl (C=O) groups excluding carboxylic acids is 1.